The van der Waals surface area contributed by atoms with E-state index in [2.05, 4.69) is 4.72 Å². The van der Waals surface area contributed by atoms with Crippen LogP contribution in [0.1, 0.15) is 13.3 Å². The molecule has 0 aliphatic rings. The Hall–Kier alpha value is -1.60. The van der Waals surface area contributed by atoms with Crippen molar-refractivity contribution in [2.75, 3.05) is 25.0 Å². The van der Waals surface area contributed by atoms with Crippen molar-refractivity contribution in [1.82, 2.24) is 4.72 Å². The van der Waals surface area contributed by atoms with Gasteiger partial charge in [-0.2, -0.15) is 0 Å². The van der Waals surface area contributed by atoms with Crippen molar-refractivity contribution in [3.05, 3.63) is 24.3 Å². The topological polar surface area (TPSA) is 86.7 Å². The largest absolute Gasteiger partial charge is 0.480 e. The zero-order valence-electron chi connectivity index (χ0n) is 11.0. The molecular weight excluding hydrogens is 268 g/mol. The first-order chi connectivity index (χ1) is 8.86. The minimum absolute atomic E-state index is 0.139. The predicted molar refractivity (Wildman–Crippen MR) is 72.8 cm³/mol. The van der Waals surface area contributed by atoms with Gasteiger partial charge in [-0.1, -0.05) is 6.92 Å². The van der Waals surface area contributed by atoms with Gasteiger partial charge in [-0.05, 0) is 30.7 Å². The number of hydrogen-bond acceptors (Lipinski definition) is 4. The molecule has 0 saturated heterocycles. The maximum Gasteiger partial charge on any atom is 0.323 e. The van der Waals surface area contributed by atoms with Gasteiger partial charge in [0.25, 0.3) is 0 Å². The number of carbonyl (C=O) groups is 1. The molecule has 0 aliphatic heterocycles. The summed E-state index contributed by atoms with van der Waals surface area (Å²) in [5, 5.41) is 8.68. The molecule has 0 aromatic heterocycles. The molecule has 0 spiro atoms. The summed E-state index contributed by atoms with van der Waals surface area (Å²) in [5.74, 6) is -0.941. The molecule has 1 aromatic carbocycles. The van der Waals surface area contributed by atoms with E-state index in [-0.39, 0.29) is 11.4 Å². The van der Waals surface area contributed by atoms with Crippen molar-refractivity contribution < 1.29 is 18.3 Å². The normalized spacial score (nSPS) is 11.3. The van der Waals surface area contributed by atoms with E-state index in [1.807, 2.05) is 6.92 Å². The van der Waals surface area contributed by atoms with Crippen LogP contribution in [0, 0.1) is 0 Å². The number of hydrogen-bond donors (Lipinski definition) is 2. The SMILES string of the molecule is CCCNS(=O)(=O)c1ccc(N(C)CC(=O)O)cc1. The van der Waals surface area contributed by atoms with Gasteiger partial charge in [0.15, 0.2) is 0 Å². The first-order valence-corrected chi connectivity index (χ1v) is 7.38. The van der Waals surface area contributed by atoms with Gasteiger partial charge in [-0.25, -0.2) is 13.1 Å². The highest BCUT2D eigenvalue weighted by molar-refractivity contribution is 7.89. The number of aliphatic carboxylic acids is 1. The highest BCUT2D eigenvalue weighted by Crippen LogP contribution is 2.16. The summed E-state index contributed by atoms with van der Waals surface area (Å²) in [4.78, 5) is 12.3. The minimum Gasteiger partial charge on any atom is -0.480 e. The molecule has 1 rings (SSSR count). The van der Waals surface area contributed by atoms with Crippen molar-refractivity contribution in [2.24, 2.45) is 0 Å². The van der Waals surface area contributed by atoms with Crippen LogP contribution < -0.4 is 9.62 Å². The summed E-state index contributed by atoms with van der Waals surface area (Å²) in [6.07, 6.45) is 0.721. The van der Waals surface area contributed by atoms with E-state index in [0.717, 1.165) is 6.42 Å². The summed E-state index contributed by atoms with van der Waals surface area (Å²) in [7, 11) is -1.84. The Morgan fingerprint density at radius 1 is 1.32 bits per heavy atom. The Morgan fingerprint density at radius 2 is 1.89 bits per heavy atom. The van der Waals surface area contributed by atoms with Crippen LogP contribution in [-0.2, 0) is 14.8 Å². The molecular formula is C12H18N2O4S. The summed E-state index contributed by atoms with van der Waals surface area (Å²) >= 11 is 0. The van der Waals surface area contributed by atoms with Crippen molar-refractivity contribution in [1.29, 1.82) is 0 Å². The Kier molecular flexibility index (Phi) is 5.31. The first-order valence-electron chi connectivity index (χ1n) is 5.89. The molecule has 0 radical (unpaired) electrons. The lowest BCUT2D eigenvalue weighted by Gasteiger charge is -2.17. The van der Waals surface area contributed by atoms with Gasteiger partial charge in [0.2, 0.25) is 10.0 Å². The van der Waals surface area contributed by atoms with E-state index >= 15 is 0 Å². The van der Waals surface area contributed by atoms with Crippen LogP contribution in [0.4, 0.5) is 5.69 Å². The Bertz CT molecular complexity index is 525. The summed E-state index contributed by atoms with van der Waals surface area (Å²) in [5.41, 5.74) is 0.650. The van der Waals surface area contributed by atoms with Crippen molar-refractivity contribution in [3.8, 4) is 0 Å². The highest BCUT2D eigenvalue weighted by Gasteiger charge is 2.13. The summed E-state index contributed by atoms with van der Waals surface area (Å²) < 4.78 is 26.1. The van der Waals surface area contributed by atoms with Gasteiger partial charge in [0.05, 0.1) is 4.90 Å². The molecule has 19 heavy (non-hydrogen) atoms. The number of likely N-dealkylation sites (N-methyl/N-ethyl adjacent to an activating group) is 1. The van der Waals surface area contributed by atoms with Crippen LogP contribution in [0.2, 0.25) is 0 Å². The molecule has 1 aromatic rings. The van der Waals surface area contributed by atoms with Crippen LogP contribution in [0.3, 0.4) is 0 Å². The molecule has 0 fully saturated rings. The van der Waals surface area contributed by atoms with Gasteiger partial charge >= 0.3 is 5.97 Å². The lowest BCUT2D eigenvalue weighted by atomic mass is 10.3. The molecule has 0 saturated carbocycles. The Balaban J connectivity index is 2.84. The van der Waals surface area contributed by atoms with Crippen molar-refractivity contribution in [2.45, 2.75) is 18.2 Å². The lowest BCUT2D eigenvalue weighted by molar-refractivity contribution is -0.135. The lowest BCUT2D eigenvalue weighted by Crippen LogP contribution is -2.26. The molecule has 0 bridgehead atoms. The fourth-order valence-electron chi connectivity index (χ4n) is 1.49. The maximum atomic E-state index is 11.8. The van der Waals surface area contributed by atoms with Gasteiger partial charge in [-0.15, -0.1) is 0 Å². The molecule has 6 nitrogen and oxygen atoms in total. The molecule has 0 heterocycles. The van der Waals surface area contributed by atoms with Gasteiger partial charge < -0.3 is 10.0 Å². The average Bonchev–Trinajstić information content (AvgIpc) is 2.36. The van der Waals surface area contributed by atoms with E-state index in [4.69, 9.17) is 5.11 Å². The number of anilines is 1. The predicted octanol–water partition coefficient (Wildman–Crippen LogP) is 0.896. The fourth-order valence-corrected chi connectivity index (χ4v) is 2.63. The zero-order valence-corrected chi connectivity index (χ0v) is 11.8. The minimum atomic E-state index is -3.47. The third-order valence-corrected chi connectivity index (χ3v) is 3.98. The van der Waals surface area contributed by atoms with E-state index in [1.54, 1.807) is 19.2 Å². The molecule has 2 N–H and O–H groups in total. The van der Waals surface area contributed by atoms with Gasteiger partial charge in [0, 0.05) is 19.3 Å². The third-order valence-electron chi connectivity index (χ3n) is 2.50. The number of sulfonamides is 1. The van der Waals surface area contributed by atoms with Gasteiger partial charge in [0.1, 0.15) is 6.54 Å². The number of nitrogens with zero attached hydrogens (tertiary/aromatic N) is 1. The number of nitrogens with one attached hydrogen (secondary N) is 1. The number of benzene rings is 1. The van der Waals surface area contributed by atoms with E-state index in [0.29, 0.717) is 12.2 Å². The molecule has 0 atom stereocenters. The van der Waals surface area contributed by atoms with Crippen LogP contribution in [0.15, 0.2) is 29.2 Å². The second-order valence-electron chi connectivity index (χ2n) is 4.14. The summed E-state index contributed by atoms with van der Waals surface area (Å²) in [6.45, 7) is 2.13. The van der Waals surface area contributed by atoms with Crippen molar-refractivity contribution >= 4 is 21.7 Å². The van der Waals surface area contributed by atoms with Crippen LogP contribution in [0.25, 0.3) is 0 Å². The second kappa shape index (κ2) is 6.53. The molecule has 0 aliphatic carbocycles. The number of carboxylic acid groups (broad SMARTS) is 1. The van der Waals surface area contributed by atoms with Crippen molar-refractivity contribution in [3.63, 3.8) is 0 Å². The zero-order chi connectivity index (χ0) is 14.5. The first kappa shape index (κ1) is 15.5. The van der Waals surface area contributed by atoms with Crippen LogP contribution in [0.5, 0.6) is 0 Å². The maximum absolute atomic E-state index is 11.8. The molecule has 106 valence electrons. The summed E-state index contributed by atoms with van der Waals surface area (Å²) in [6, 6.07) is 6.10. The quantitative estimate of drug-likeness (QED) is 0.777. The Morgan fingerprint density at radius 3 is 2.37 bits per heavy atom. The second-order valence-corrected chi connectivity index (χ2v) is 5.91. The van der Waals surface area contributed by atoms with E-state index in [9.17, 15) is 13.2 Å². The standard InChI is InChI=1S/C12H18N2O4S/c1-3-8-13-19(17,18)11-6-4-10(5-7-11)14(2)9-12(15)16/h4-7,13H,3,8-9H2,1-2H3,(H,15,16). The molecule has 7 heteroatoms. The highest BCUT2D eigenvalue weighted by atomic mass is 32.2. The van der Waals surface area contributed by atoms with E-state index < -0.39 is 16.0 Å². The molecule has 0 unspecified atom stereocenters. The van der Waals surface area contributed by atoms with Crippen LogP contribution >= 0.6 is 0 Å². The van der Waals surface area contributed by atoms with Crippen LogP contribution in [-0.4, -0.2) is 39.6 Å². The fraction of sp³-hybridized carbons (Fsp3) is 0.417. The molecule has 0 amide bonds. The van der Waals surface area contributed by atoms with Gasteiger partial charge in [-0.3, -0.25) is 4.79 Å². The monoisotopic (exact) mass is 286 g/mol. The smallest absolute Gasteiger partial charge is 0.323 e. The van der Waals surface area contributed by atoms with E-state index in [1.165, 1.54) is 17.0 Å². The number of carboxylic acids is 1. The third kappa shape index (κ3) is 4.53. The Labute approximate surface area is 113 Å². The average molecular weight is 286 g/mol. The number of rotatable bonds is 7.